The molecule has 0 aliphatic heterocycles. The Labute approximate surface area is 144 Å². The molecule has 0 saturated heterocycles. The van der Waals surface area contributed by atoms with Crippen molar-refractivity contribution >= 4 is 23.3 Å². The van der Waals surface area contributed by atoms with Gasteiger partial charge >= 0.3 is 0 Å². The Morgan fingerprint density at radius 3 is 2.80 bits per heavy atom. The first-order chi connectivity index (χ1) is 12.1. The van der Waals surface area contributed by atoms with E-state index in [1.54, 1.807) is 36.6 Å². The molecule has 2 N–H and O–H groups in total. The lowest BCUT2D eigenvalue weighted by atomic mass is 10.1. The summed E-state index contributed by atoms with van der Waals surface area (Å²) in [6, 6.07) is 11.9. The molecule has 3 rings (SSSR count). The van der Waals surface area contributed by atoms with Crippen molar-refractivity contribution in [3.8, 4) is 0 Å². The molecule has 1 aromatic carbocycles. The fourth-order valence-electron chi connectivity index (χ4n) is 2.16. The van der Waals surface area contributed by atoms with Crippen LogP contribution in [0, 0.1) is 0 Å². The highest BCUT2D eigenvalue weighted by Gasteiger charge is 2.10. The monoisotopic (exact) mass is 336 g/mol. The smallest absolute Gasteiger partial charge is 0.274 e. The van der Waals surface area contributed by atoms with E-state index in [1.165, 1.54) is 19.2 Å². The fraction of sp³-hybridized carbons (Fsp3) is 0.111. The summed E-state index contributed by atoms with van der Waals surface area (Å²) < 4.78 is 5.22. The SMILES string of the molecule is CC(=O)c1cccc(NC(=O)c2ccnc(NCc3ccco3)n2)c1. The number of nitrogens with zero attached hydrogens (tertiary/aromatic N) is 2. The summed E-state index contributed by atoms with van der Waals surface area (Å²) in [7, 11) is 0. The lowest BCUT2D eigenvalue weighted by Crippen LogP contribution is -2.15. The molecule has 0 saturated carbocycles. The lowest BCUT2D eigenvalue weighted by molar-refractivity contribution is 0.100. The van der Waals surface area contributed by atoms with Crippen LogP contribution in [0.5, 0.6) is 0 Å². The van der Waals surface area contributed by atoms with Gasteiger partial charge in [0, 0.05) is 17.4 Å². The number of furan rings is 1. The zero-order valence-corrected chi connectivity index (χ0v) is 13.5. The molecule has 0 atom stereocenters. The number of nitrogens with one attached hydrogen (secondary N) is 2. The van der Waals surface area contributed by atoms with Crippen molar-refractivity contribution in [2.75, 3.05) is 10.6 Å². The highest BCUT2D eigenvalue weighted by molar-refractivity contribution is 6.04. The van der Waals surface area contributed by atoms with Gasteiger partial charge < -0.3 is 15.1 Å². The van der Waals surface area contributed by atoms with Crippen molar-refractivity contribution in [2.45, 2.75) is 13.5 Å². The van der Waals surface area contributed by atoms with Crippen LogP contribution in [-0.4, -0.2) is 21.7 Å². The van der Waals surface area contributed by atoms with E-state index in [1.807, 2.05) is 6.07 Å². The van der Waals surface area contributed by atoms with E-state index in [-0.39, 0.29) is 17.4 Å². The zero-order valence-electron chi connectivity index (χ0n) is 13.5. The Balaban J connectivity index is 1.68. The predicted molar refractivity (Wildman–Crippen MR) is 92.5 cm³/mol. The predicted octanol–water partition coefficient (Wildman–Crippen LogP) is 3.14. The van der Waals surface area contributed by atoms with Gasteiger partial charge in [0.15, 0.2) is 5.78 Å². The van der Waals surface area contributed by atoms with Gasteiger partial charge in [-0.3, -0.25) is 9.59 Å². The number of Topliss-reactive ketones (excluding diaryl/α,β-unsaturated/α-hetero) is 1. The van der Waals surface area contributed by atoms with Crippen molar-refractivity contribution < 1.29 is 14.0 Å². The number of carbonyl (C=O) groups is 2. The van der Waals surface area contributed by atoms with Crippen molar-refractivity contribution in [1.82, 2.24) is 9.97 Å². The number of benzene rings is 1. The molecule has 25 heavy (non-hydrogen) atoms. The largest absolute Gasteiger partial charge is 0.467 e. The summed E-state index contributed by atoms with van der Waals surface area (Å²) in [6.07, 6.45) is 3.08. The molecular formula is C18H16N4O3. The van der Waals surface area contributed by atoms with Crippen molar-refractivity contribution in [3.05, 3.63) is 71.9 Å². The number of ketones is 1. The van der Waals surface area contributed by atoms with Gasteiger partial charge in [0.05, 0.1) is 12.8 Å². The third-order valence-corrected chi connectivity index (χ3v) is 3.42. The highest BCUT2D eigenvalue weighted by atomic mass is 16.3. The molecular weight excluding hydrogens is 320 g/mol. The molecule has 1 amide bonds. The van der Waals surface area contributed by atoms with Crippen LogP contribution in [0.4, 0.5) is 11.6 Å². The number of amides is 1. The Kier molecular flexibility index (Phi) is 4.84. The van der Waals surface area contributed by atoms with Crippen LogP contribution in [-0.2, 0) is 6.54 Å². The quantitative estimate of drug-likeness (QED) is 0.671. The number of hydrogen-bond acceptors (Lipinski definition) is 6. The van der Waals surface area contributed by atoms with Gasteiger partial charge in [-0.15, -0.1) is 0 Å². The van der Waals surface area contributed by atoms with Gasteiger partial charge in [-0.1, -0.05) is 12.1 Å². The minimum absolute atomic E-state index is 0.0671. The van der Waals surface area contributed by atoms with Crippen molar-refractivity contribution in [2.24, 2.45) is 0 Å². The molecule has 2 aromatic heterocycles. The molecule has 0 fully saturated rings. The molecule has 0 spiro atoms. The summed E-state index contributed by atoms with van der Waals surface area (Å²) >= 11 is 0. The summed E-state index contributed by atoms with van der Waals surface area (Å²) in [5.74, 6) is 0.604. The van der Waals surface area contributed by atoms with E-state index >= 15 is 0 Å². The van der Waals surface area contributed by atoms with E-state index < -0.39 is 0 Å². The van der Waals surface area contributed by atoms with Crippen LogP contribution >= 0.6 is 0 Å². The maximum Gasteiger partial charge on any atom is 0.274 e. The molecule has 0 radical (unpaired) electrons. The second-order valence-corrected chi connectivity index (χ2v) is 5.29. The van der Waals surface area contributed by atoms with Crippen molar-refractivity contribution in [3.63, 3.8) is 0 Å². The average Bonchev–Trinajstić information content (AvgIpc) is 3.14. The van der Waals surface area contributed by atoms with Crippen LogP contribution in [0.3, 0.4) is 0 Å². The van der Waals surface area contributed by atoms with Gasteiger partial charge in [-0.05, 0) is 37.3 Å². The maximum absolute atomic E-state index is 12.3. The van der Waals surface area contributed by atoms with E-state index in [4.69, 9.17) is 4.42 Å². The van der Waals surface area contributed by atoms with E-state index in [2.05, 4.69) is 20.6 Å². The summed E-state index contributed by atoms with van der Waals surface area (Å²) in [6.45, 7) is 1.89. The molecule has 126 valence electrons. The number of aromatic nitrogens is 2. The summed E-state index contributed by atoms with van der Waals surface area (Å²) in [4.78, 5) is 32.0. The normalized spacial score (nSPS) is 10.3. The second kappa shape index (κ2) is 7.39. The molecule has 0 unspecified atom stereocenters. The van der Waals surface area contributed by atoms with Gasteiger partial charge in [-0.25, -0.2) is 9.97 Å². The van der Waals surface area contributed by atoms with Crippen molar-refractivity contribution in [1.29, 1.82) is 0 Å². The number of carbonyl (C=O) groups excluding carboxylic acids is 2. The zero-order chi connectivity index (χ0) is 17.6. The second-order valence-electron chi connectivity index (χ2n) is 5.29. The minimum atomic E-state index is -0.385. The van der Waals surface area contributed by atoms with Crippen LogP contribution < -0.4 is 10.6 Å². The van der Waals surface area contributed by atoms with Crippen LogP contribution in [0.2, 0.25) is 0 Å². The van der Waals surface area contributed by atoms with Crippen LogP contribution in [0.15, 0.2) is 59.3 Å². The lowest BCUT2D eigenvalue weighted by Gasteiger charge is -2.07. The topological polar surface area (TPSA) is 97.1 Å². The molecule has 7 nitrogen and oxygen atoms in total. The summed E-state index contributed by atoms with van der Waals surface area (Å²) in [5.41, 5.74) is 1.27. The minimum Gasteiger partial charge on any atom is -0.467 e. The Morgan fingerprint density at radius 2 is 2.04 bits per heavy atom. The van der Waals surface area contributed by atoms with Gasteiger partial charge in [0.1, 0.15) is 11.5 Å². The van der Waals surface area contributed by atoms with E-state index in [0.29, 0.717) is 23.7 Å². The highest BCUT2D eigenvalue weighted by Crippen LogP contribution is 2.13. The third kappa shape index (κ3) is 4.29. The first kappa shape index (κ1) is 16.4. The number of rotatable bonds is 6. The van der Waals surface area contributed by atoms with Gasteiger partial charge in [0.25, 0.3) is 5.91 Å². The molecule has 0 aliphatic rings. The van der Waals surface area contributed by atoms with Gasteiger partial charge in [0.2, 0.25) is 5.95 Å². The Bertz CT molecular complexity index is 891. The van der Waals surface area contributed by atoms with E-state index in [9.17, 15) is 9.59 Å². The first-order valence-electron chi connectivity index (χ1n) is 7.63. The molecule has 7 heteroatoms. The Hall–Kier alpha value is -3.48. The summed E-state index contributed by atoms with van der Waals surface area (Å²) in [5, 5.41) is 5.71. The van der Waals surface area contributed by atoms with E-state index in [0.717, 1.165) is 5.76 Å². The first-order valence-corrected chi connectivity index (χ1v) is 7.63. The number of anilines is 2. The standard InChI is InChI=1S/C18H16N4O3/c1-12(23)13-4-2-5-14(10-13)21-17(24)16-7-8-19-18(22-16)20-11-15-6-3-9-25-15/h2-10H,11H2,1H3,(H,21,24)(H,19,20,22). The fourth-order valence-corrected chi connectivity index (χ4v) is 2.16. The average molecular weight is 336 g/mol. The molecule has 2 heterocycles. The third-order valence-electron chi connectivity index (χ3n) is 3.42. The van der Waals surface area contributed by atoms with Gasteiger partial charge in [-0.2, -0.15) is 0 Å². The molecule has 3 aromatic rings. The Morgan fingerprint density at radius 1 is 1.16 bits per heavy atom. The number of hydrogen-bond donors (Lipinski definition) is 2. The molecule has 0 aliphatic carbocycles. The van der Waals surface area contributed by atoms with Crippen LogP contribution in [0.25, 0.3) is 0 Å². The maximum atomic E-state index is 12.3. The molecule has 0 bridgehead atoms. The van der Waals surface area contributed by atoms with Crippen LogP contribution in [0.1, 0.15) is 33.5 Å².